The van der Waals surface area contributed by atoms with Crippen LogP contribution in [0.25, 0.3) is 0 Å². The zero-order chi connectivity index (χ0) is 21.3. The molecule has 1 aromatic heterocycles. The summed E-state index contributed by atoms with van der Waals surface area (Å²) in [5, 5.41) is 7.62. The van der Waals surface area contributed by atoms with E-state index in [2.05, 4.69) is 21.6 Å². The van der Waals surface area contributed by atoms with E-state index in [1.54, 1.807) is 18.4 Å². The smallest absolute Gasteiger partial charge is 0.309 e. The molecule has 0 spiro atoms. The van der Waals surface area contributed by atoms with Crippen LogP contribution in [-0.4, -0.2) is 62.7 Å². The van der Waals surface area contributed by atoms with Crippen LogP contribution in [0.1, 0.15) is 23.4 Å². The third kappa shape index (κ3) is 6.04. The van der Waals surface area contributed by atoms with Crippen LogP contribution < -0.4 is 15.4 Å². The second-order valence-electron chi connectivity index (χ2n) is 7.22. The molecule has 2 atom stereocenters. The van der Waals surface area contributed by atoms with Gasteiger partial charge >= 0.3 is 11.8 Å². The number of amides is 2. The molecular formula is C22H29N3O4S. The van der Waals surface area contributed by atoms with Crippen LogP contribution >= 0.6 is 11.3 Å². The molecule has 1 aliphatic rings. The first-order valence-electron chi connectivity index (χ1n) is 10.2. The van der Waals surface area contributed by atoms with Crippen LogP contribution in [0.2, 0.25) is 0 Å². The van der Waals surface area contributed by atoms with Gasteiger partial charge in [0.15, 0.2) is 0 Å². The van der Waals surface area contributed by atoms with Crippen molar-refractivity contribution in [2.24, 2.45) is 0 Å². The highest BCUT2D eigenvalue weighted by Gasteiger charge is 2.30. The molecule has 1 saturated heterocycles. The third-order valence-corrected chi connectivity index (χ3v) is 6.11. The van der Waals surface area contributed by atoms with Gasteiger partial charge in [0.1, 0.15) is 5.75 Å². The first-order chi connectivity index (χ1) is 14.6. The van der Waals surface area contributed by atoms with Gasteiger partial charge in [0.25, 0.3) is 0 Å². The molecule has 7 nitrogen and oxygen atoms in total. The number of ether oxygens (including phenoxy) is 2. The minimum Gasteiger partial charge on any atom is -0.497 e. The number of benzene rings is 1. The third-order valence-electron chi connectivity index (χ3n) is 5.17. The fraction of sp³-hybridized carbons (Fsp3) is 0.455. The summed E-state index contributed by atoms with van der Waals surface area (Å²) in [6.45, 7) is 5.30. The van der Waals surface area contributed by atoms with E-state index in [1.165, 1.54) is 4.88 Å². The minimum atomic E-state index is -0.609. The Morgan fingerprint density at radius 2 is 1.90 bits per heavy atom. The zero-order valence-corrected chi connectivity index (χ0v) is 18.2. The average molecular weight is 432 g/mol. The number of hydrogen-bond donors (Lipinski definition) is 2. The van der Waals surface area contributed by atoms with Gasteiger partial charge in [0.05, 0.1) is 26.4 Å². The summed E-state index contributed by atoms with van der Waals surface area (Å²) in [5.74, 6) is -0.425. The Morgan fingerprint density at radius 3 is 2.53 bits per heavy atom. The molecule has 2 unspecified atom stereocenters. The lowest BCUT2D eigenvalue weighted by molar-refractivity contribution is -0.139. The van der Waals surface area contributed by atoms with E-state index in [0.717, 1.165) is 24.4 Å². The van der Waals surface area contributed by atoms with Crippen molar-refractivity contribution in [2.75, 3.05) is 40.0 Å². The Kier molecular flexibility index (Phi) is 8.24. The first kappa shape index (κ1) is 22.3. The number of morpholine rings is 1. The highest BCUT2D eigenvalue weighted by molar-refractivity contribution is 7.10. The molecule has 1 aromatic carbocycles. The highest BCUT2D eigenvalue weighted by Crippen LogP contribution is 2.29. The van der Waals surface area contributed by atoms with Crippen LogP contribution in [0.3, 0.4) is 0 Å². The summed E-state index contributed by atoms with van der Waals surface area (Å²) < 4.78 is 10.6. The van der Waals surface area contributed by atoms with Gasteiger partial charge in [-0.3, -0.25) is 14.5 Å². The van der Waals surface area contributed by atoms with Crippen LogP contribution in [0.4, 0.5) is 0 Å². The van der Waals surface area contributed by atoms with Crippen LogP contribution in [0, 0.1) is 0 Å². The second-order valence-corrected chi connectivity index (χ2v) is 8.20. The number of nitrogens with zero attached hydrogens (tertiary/aromatic N) is 1. The molecule has 30 heavy (non-hydrogen) atoms. The lowest BCUT2D eigenvalue weighted by Crippen LogP contribution is -2.51. The van der Waals surface area contributed by atoms with Crippen LogP contribution in [-0.2, 0) is 20.7 Å². The van der Waals surface area contributed by atoms with Crippen molar-refractivity contribution in [3.63, 3.8) is 0 Å². The molecule has 0 saturated carbocycles. The predicted octanol–water partition coefficient (Wildman–Crippen LogP) is 1.99. The standard InChI is InChI=1S/C22H29N3O4S/c1-16(20(19-4-3-15-30-19)25-11-13-29-14-12-25)24-22(27)21(26)23-10-9-17-5-7-18(28-2)8-6-17/h3-8,15-16,20H,9-14H2,1-2H3,(H,23,26)(H,24,27). The second kappa shape index (κ2) is 11.1. The Balaban J connectivity index is 1.51. The molecule has 0 radical (unpaired) electrons. The zero-order valence-electron chi connectivity index (χ0n) is 17.4. The summed E-state index contributed by atoms with van der Waals surface area (Å²) in [6.07, 6.45) is 0.643. The summed E-state index contributed by atoms with van der Waals surface area (Å²) in [7, 11) is 1.62. The Bertz CT molecular complexity index is 804. The number of rotatable bonds is 8. The molecule has 1 aliphatic heterocycles. The Morgan fingerprint density at radius 1 is 1.17 bits per heavy atom. The van der Waals surface area contributed by atoms with E-state index >= 15 is 0 Å². The molecule has 2 heterocycles. The Hall–Kier alpha value is -2.42. The lowest BCUT2D eigenvalue weighted by Gasteiger charge is -2.37. The fourth-order valence-corrected chi connectivity index (χ4v) is 4.57. The van der Waals surface area contributed by atoms with Crippen molar-refractivity contribution < 1.29 is 19.1 Å². The maximum Gasteiger partial charge on any atom is 0.309 e. The monoisotopic (exact) mass is 431 g/mol. The van der Waals surface area contributed by atoms with E-state index in [4.69, 9.17) is 9.47 Å². The quantitative estimate of drug-likeness (QED) is 0.625. The highest BCUT2D eigenvalue weighted by atomic mass is 32.1. The molecule has 2 aromatic rings. The molecule has 0 bridgehead atoms. The number of carbonyl (C=O) groups is 2. The molecule has 3 rings (SSSR count). The van der Waals surface area contributed by atoms with E-state index in [1.807, 2.05) is 42.6 Å². The van der Waals surface area contributed by atoms with E-state index in [-0.39, 0.29) is 12.1 Å². The maximum atomic E-state index is 12.5. The molecule has 1 fully saturated rings. The number of nitrogens with one attached hydrogen (secondary N) is 2. The van der Waals surface area contributed by atoms with Crippen LogP contribution in [0.15, 0.2) is 41.8 Å². The summed E-state index contributed by atoms with van der Waals surface area (Å²) in [6, 6.07) is 11.5. The average Bonchev–Trinajstić information content (AvgIpc) is 3.29. The van der Waals surface area contributed by atoms with E-state index in [9.17, 15) is 9.59 Å². The molecule has 2 amide bonds. The van der Waals surface area contributed by atoms with Gasteiger partial charge in [0.2, 0.25) is 0 Å². The van der Waals surface area contributed by atoms with Gasteiger partial charge in [-0.15, -0.1) is 11.3 Å². The van der Waals surface area contributed by atoms with E-state index < -0.39 is 11.8 Å². The van der Waals surface area contributed by atoms with Crippen molar-refractivity contribution in [2.45, 2.75) is 25.4 Å². The van der Waals surface area contributed by atoms with Gasteiger partial charge in [-0.05, 0) is 42.5 Å². The van der Waals surface area contributed by atoms with Crippen LogP contribution in [0.5, 0.6) is 5.75 Å². The number of hydrogen-bond acceptors (Lipinski definition) is 6. The van der Waals surface area contributed by atoms with Crippen molar-refractivity contribution in [3.8, 4) is 5.75 Å². The summed E-state index contributed by atoms with van der Waals surface area (Å²) in [4.78, 5) is 28.2. The van der Waals surface area contributed by atoms with E-state index in [0.29, 0.717) is 26.2 Å². The van der Waals surface area contributed by atoms with Crippen molar-refractivity contribution in [3.05, 3.63) is 52.2 Å². The number of thiophene rings is 1. The predicted molar refractivity (Wildman–Crippen MR) is 117 cm³/mol. The Labute approximate surface area is 181 Å². The molecule has 162 valence electrons. The minimum absolute atomic E-state index is 0.0185. The van der Waals surface area contributed by atoms with Crippen molar-refractivity contribution in [1.29, 1.82) is 0 Å². The molecule has 8 heteroatoms. The number of methoxy groups -OCH3 is 1. The van der Waals surface area contributed by atoms with Gasteiger partial charge in [-0.25, -0.2) is 0 Å². The van der Waals surface area contributed by atoms with Gasteiger partial charge in [0, 0.05) is 30.6 Å². The van der Waals surface area contributed by atoms with Gasteiger partial charge in [-0.2, -0.15) is 0 Å². The SMILES string of the molecule is COc1ccc(CCNC(=O)C(=O)NC(C)C(c2cccs2)N2CCOCC2)cc1. The summed E-state index contributed by atoms with van der Waals surface area (Å²) >= 11 is 1.66. The normalized spacial score (nSPS) is 16.5. The maximum absolute atomic E-state index is 12.5. The molecular weight excluding hydrogens is 402 g/mol. The summed E-state index contributed by atoms with van der Waals surface area (Å²) in [5.41, 5.74) is 1.06. The molecule has 0 aliphatic carbocycles. The lowest BCUT2D eigenvalue weighted by atomic mass is 10.1. The number of carbonyl (C=O) groups excluding carboxylic acids is 2. The van der Waals surface area contributed by atoms with Gasteiger partial charge in [-0.1, -0.05) is 18.2 Å². The first-order valence-corrected chi connectivity index (χ1v) is 11.0. The van der Waals surface area contributed by atoms with Crippen molar-refractivity contribution in [1.82, 2.24) is 15.5 Å². The van der Waals surface area contributed by atoms with Gasteiger partial charge < -0.3 is 20.1 Å². The molecule has 2 N–H and O–H groups in total. The fourth-order valence-electron chi connectivity index (χ4n) is 3.60. The topological polar surface area (TPSA) is 79.9 Å². The largest absolute Gasteiger partial charge is 0.497 e. The van der Waals surface area contributed by atoms with Crippen molar-refractivity contribution >= 4 is 23.2 Å².